The molecule has 0 aliphatic heterocycles. The first-order valence-corrected chi connectivity index (χ1v) is 7.34. The normalized spacial score (nSPS) is 19.2. The van der Waals surface area contributed by atoms with Gasteiger partial charge in [-0.2, -0.15) is 5.10 Å². The minimum atomic E-state index is -1.01. The summed E-state index contributed by atoms with van der Waals surface area (Å²) in [5.41, 5.74) is 3.26. The topological polar surface area (TPSA) is 96.3 Å². The van der Waals surface area contributed by atoms with Gasteiger partial charge < -0.3 is 15.7 Å². The van der Waals surface area contributed by atoms with E-state index in [1.54, 1.807) is 30.2 Å². The number of carboxylic acid groups (broad SMARTS) is 1. The number of hydrogen-bond donors (Lipinski definition) is 3. The zero-order valence-electron chi connectivity index (χ0n) is 12.9. The van der Waals surface area contributed by atoms with Gasteiger partial charge in [0.25, 0.3) is 5.91 Å². The number of aromatic nitrogens is 2. The van der Waals surface area contributed by atoms with E-state index in [-0.39, 0.29) is 17.9 Å². The molecule has 1 aromatic carbocycles. The Hall–Kier alpha value is -2.83. The first kappa shape index (κ1) is 15.1. The lowest BCUT2D eigenvalue weighted by Gasteiger charge is -2.09. The maximum Gasteiger partial charge on any atom is 0.404 e. The van der Waals surface area contributed by atoms with Crippen molar-refractivity contribution in [2.24, 2.45) is 7.05 Å². The second-order valence-electron chi connectivity index (χ2n) is 5.83. The Kier molecular flexibility index (Phi) is 3.77. The van der Waals surface area contributed by atoms with Gasteiger partial charge in [-0.3, -0.25) is 9.48 Å². The van der Waals surface area contributed by atoms with E-state index in [1.165, 1.54) is 0 Å². The fourth-order valence-electron chi connectivity index (χ4n) is 2.73. The molecule has 2 amide bonds. The summed E-state index contributed by atoms with van der Waals surface area (Å²) in [5.74, 6) is -0.0696. The molecule has 0 radical (unpaired) electrons. The molecule has 0 saturated heterocycles. The first-order chi connectivity index (χ1) is 10.9. The Morgan fingerprint density at radius 3 is 2.83 bits per heavy atom. The molecule has 120 valence electrons. The van der Waals surface area contributed by atoms with Crippen LogP contribution in [0.5, 0.6) is 0 Å². The number of rotatable bonds is 4. The van der Waals surface area contributed by atoms with Gasteiger partial charge in [0.1, 0.15) is 0 Å². The third-order valence-corrected chi connectivity index (χ3v) is 4.00. The van der Waals surface area contributed by atoms with E-state index in [4.69, 9.17) is 5.11 Å². The van der Waals surface area contributed by atoms with Crippen LogP contribution < -0.4 is 10.6 Å². The highest BCUT2D eigenvalue weighted by molar-refractivity contribution is 6.04. The number of nitrogens with one attached hydrogen (secondary N) is 2. The van der Waals surface area contributed by atoms with Crippen LogP contribution in [0.25, 0.3) is 0 Å². The zero-order chi connectivity index (χ0) is 16.6. The number of carbonyl (C=O) groups is 2. The van der Waals surface area contributed by atoms with Gasteiger partial charge in [0, 0.05) is 30.8 Å². The SMILES string of the molecule is Cc1ccc(C(=O)Nc2cnn(C)c2)cc1C1CC1NC(=O)O. The van der Waals surface area contributed by atoms with Crippen molar-refractivity contribution >= 4 is 17.7 Å². The minimum absolute atomic E-state index is 0.0668. The smallest absolute Gasteiger partial charge is 0.404 e. The second-order valence-corrected chi connectivity index (χ2v) is 5.83. The van der Waals surface area contributed by atoms with Crippen LogP contribution in [0.2, 0.25) is 0 Å². The first-order valence-electron chi connectivity index (χ1n) is 7.34. The van der Waals surface area contributed by atoms with Crippen molar-refractivity contribution in [3.8, 4) is 0 Å². The fourth-order valence-corrected chi connectivity index (χ4v) is 2.73. The molecule has 1 heterocycles. The molecule has 2 unspecified atom stereocenters. The number of benzene rings is 1. The fraction of sp³-hybridized carbons (Fsp3) is 0.312. The van der Waals surface area contributed by atoms with E-state index in [2.05, 4.69) is 15.7 Å². The third kappa shape index (κ3) is 3.33. The predicted molar refractivity (Wildman–Crippen MR) is 84.6 cm³/mol. The van der Waals surface area contributed by atoms with Crippen LogP contribution in [-0.2, 0) is 7.05 Å². The number of amides is 2. The van der Waals surface area contributed by atoms with Gasteiger partial charge in [-0.25, -0.2) is 4.79 Å². The molecule has 1 aliphatic carbocycles. The number of aryl methyl sites for hydroxylation is 2. The molecule has 1 aromatic heterocycles. The van der Waals surface area contributed by atoms with Gasteiger partial charge in [0.05, 0.1) is 11.9 Å². The van der Waals surface area contributed by atoms with Crippen LogP contribution in [0.1, 0.15) is 33.8 Å². The van der Waals surface area contributed by atoms with E-state index in [0.717, 1.165) is 17.5 Å². The Balaban J connectivity index is 1.75. The van der Waals surface area contributed by atoms with Crippen molar-refractivity contribution in [3.63, 3.8) is 0 Å². The average Bonchev–Trinajstić information content (AvgIpc) is 3.10. The highest BCUT2D eigenvalue weighted by Crippen LogP contribution is 2.42. The molecule has 1 aliphatic rings. The molecular formula is C16H18N4O3. The summed E-state index contributed by atoms with van der Waals surface area (Å²) in [4.78, 5) is 23.0. The van der Waals surface area contributed by atoms with Gasteiger partial charge in [-0.05, 0) is 36.6 Å². The van der Waals surface area contributed by atoms with Gasteiger partial charge in [-0.1, -0.05) is 6.07 Å². The van der Waals surface area contributed by atoms with Crippen molar-refractivity contribution in [1.82, 2.24) is 15.1 Å². The highest BCUT2D eigenvalue weighted by Gasteiger charge is 2.40. The quantitative estimate of drug-likeness (QED) is 0.805. The summed E-state index contributed by atoms with van der Waals surface area (Å²) in [6, 6.07) is 5.44. The Bertz CT molecular complexity index is 768. The molecule has 1 fully saturated rings. The van der Waals surface area contributed by atoms with E-state index in [1.807, 2.05) is 19.1 Å². The zero-order valence-corrected chi connectivity index (χ0v) is 12.9. The molecule has 7 heteroatoms. The lowest BCUT2D eigenvalue weighted by molar-refractivity contribution is 0.102. The lowest BCUT2D eigenvalue weighted by Crippen LogP contribution is -2.24. The minimum Gasteiger partial charge on any atom is -0.465 e. The van der Waals surface area contributed by atoms with Gasteiger partial charge in [-0.15, -0.1) is 0 Å². The summed E-state index contributed by atoms with van der Waals surface area (Å²) in [7, 11) is 1.78. The van der Waals surface area contributed by atoms with E-state index < -0.39 is 6.09 Å². The monoisotopic (exact) mass is 314 g/mol. The summed E-state index contributed by atoms with van der Waals surface area (Å²) in [6.07, 6.45) is 3.06. The van der Waals surface area contributed by atoms with Crippen LogP contribution in [0.15, 0.2) is 30.6 Å². The van der Waals surface area contributed by atoms with Crippen molar-refractivity contribution in [1.29, 1.82) is 0 Å². The highest BCUT2D eigenvalue weighted by atomic mass is 16.4. The van der Waals surface area contributed by atoms with Gasteiger partial charge in [0.15, 0.2) is 0 Å². The van der Waals surface area contributed by atoms with E-state index >= 15 is 0 Å². The Labute approximate surface area is 133 Å². The molecule has 2 aromatic rings. The van der Waals surface area contributed by atoms with E-state index in [0.29, 0.717) is 11.3 Å². The Morgan fingerprint density at radius 2 is 2.17 bits per heavy atom. The maximum absolute atomic E-state index is 12.3. The third-order valence-electron chi connectivity index (χ3n) is 4.00. The Morgan fingerprint density at radius 1 is 1.39 bits per heavy atom. The summed E-state index contributed by atoms with van der Waals surface area (Å²) in [6.45, 7) is 1.97. The summed E-state index contributed by atoms with van der Waals surface area (Å²) in [5, 5.41) is 18.1. The van der Waals surface area contributed by atoms with Gasteiger partial charge >= 0.3 is 6.09 Å². The molecular weight excluding hydrogens is 296 g/mol. The largest absolute Gasteiger partial charge is 0.465 e. The standard InChI is InChI=1S/C16H18N4O3/c1-9-3-4-10(15(21)18-11-7-17-20(2)8-11)5-12(9)13-6-14(13)19-16(22)23/h3-5,7-8,13-14,19H,6H2,1-2H3,(H,18,21)(H,22,23). The second kappa shape index (κ2) is 5.75. The molecule has 23 heavy (non-hydrogen) atoms. The van der Waals surface area contributed by atoms with Crippen LogP contribution in [0.4, 0.5) is 10.5 Å². The molecule has 3 N–H and O–H groups in total. The number of hydrogen-bond acceptors (Lipinski definition) is 3. The van der Waals surface area contributed by atoms with Crippen molar-refractivity contribution in [3.05, 3.63) is 47.3 Å². The average molecular weight is 314 g/mol. The number of anilines is 1. The number of carbonyl (C=O) groups excluding carboxylic acids is 1. The van der Waals surface area contributed by atoms with Crippen molar-refractivity contribution in [2.75, 3.05) is 5.32 Å². The predicted octanol–water partition coefficient (Wildman–Crippen LogP) is 2.10. The van der Waals surface area contributed by atoms with Crippen LogP contribution in [0, 0.1) is 6.92 Å². The molecule has 1 saturated carbocycles. The van der Waals surface area contributed by atoms with Crippen LogP contribution >= 0.6 is 0 Å². The molecule has 3 rings (SSSR count). The maximum atomic E-state index is 12.3. The van der Waals surface area contributed by atoms with E-state index in [9.17, 15) is 9.59 Å². The van der Waals surface area contributed by atoms with Crippen LogP contribution in [-0.4, -0.2) is 32.9 Å². The number of nitrogens with zero attached hydrogens (tertiary/aromatic N) is 2. The molecule has 2 atom stereocenters. The summed E-state index contributed by atoms with van der Waals surface area (Å²) >= 11 is 0. The lowest BCUT2D eigenvalue weighted by atomic mass is 10.0. The van der Waals surface area contributed by atoms with Crippen LogP contribution in [0.3, 0.4) is 0 Å². The molecule has 0 spiro atoms. The van der Waals surface area contributed by atoms with Crippen molar-refractivity contribution in [2.45, 2.75) is 25.3 Å². The summed E-state index contributed by atoms with van der Waals surface area (Å²) < 4.78 is 1.61. The molecule has 0 bridgehead atoms. The van der Waals surface area contributed by atoms with Gasteiger partial charge in [0.2, 0.25) is 0 Å². The van der Waals surface area contributed by atoms with Crippen molar-refractivity contribution < 1.29 is 14.7 Å². The molecule has 7 nitrogen and oxygen atoms in total.